The van der Waals surface area contributed by atoms with E-state index < -0.39 is 0 Å². The maximum Gasteiger partial charge on any atom is 0.251 e. The van der Waals surface area contributed by atoms with E-state index in [0.29, 0.717) is 23.1 Å². The van der Waals surface area contributed by atoms with Gasteiger partial charge >= 0.3 is 0 Å². The number of likely N-dealkylation sites (tertiary alicyclic amines) is 1. The number of carbonyl (C=O) groups excluding carboxylic acids is 1. The van der Waals surface area contributed by atoms with Crippen LogP contribution in [0.4, 0.5) is 0 Å². The predicted octanol–water partition coefficient (Wildman–Crippen LogP) is 4.03. The zero-order valence-corrected chi connectivity index (χ0v) is 15.7. The molecular weight excluding hydrogens is 359 g/mol. The van der Waals surface area contributed by atoms with Gasteiger partial charge in [-0.2, -0.15) is 0 Å². The second kappa shape index (κ2) is 7.75. The van der Waals surface area contributed by atoms with E-state index in [9.17, 15) is 4.79 Å². The first-order chi connectivity index (χ1) is 12.0. The third-order valence-electron chi connectivity index (χ3n) is 4.58. The second-order valence-electron chi connectivity index (χ2n) is 6.17. The molecule has 2 aromatic rings. The van der Waals surface area contributed by atoms with Crippen LogP contribution in [0.25, 0.3) is 0 Å². The Kier molecular flexibility index (Phi) is 5.64. The van der Waals surface area contributed by atoms with Crippen molar-refractivity contribution in [2.24, 2.45) is 5.92 Å². The second-order valence-corrected chi connectivity index (χ2v) is 7.05. The normalized spacial score (nSPS) is 15.2. The maximum absolute atomic E-state index is 12.2. The van der Waals surface area contributed by atoms with Crippen LogP contribution < -0.4 is 0 Å². The Bertz CT molecular complexity index is 683. The smallest absolute Gasteiger partial charge is 0.251 e. The minimum atomic E-state index is -0.0490. The Morgan fingerprint density at radius 1 is 1.04 bits per heavy atom. The molecule has 1 saturated heterocycles. The van der Waals surface area contributed by atoms with Crippen LogP contribution in [0, 0.1) is 5.92 Å². The highest BCUT2D eigenvalue weighted by molar-refractivity contribution is 6.30. The van der Waals surface area contributed by atoms with Crippen molar-refractivity contribution >= 4 is 29.1 Å². The summed E-state index contributed by atoms with van der Waals surface area (Å²) in [6, 6.07) is 15.7. The highest BCUT2D eigenvalue weighted by atomic mass is 35.5. The van der Waals surface area contributed by atoms with E-state index in [-0.39, 0.29) is 17.9 Å². The van der Waals surface area contributed by atoms with Crippen molar-refractivity contribution in [1.29, 1.82) is 0 Å². The number of hydrogen-bond acceptors (Lipinski definition) is 3. The van der Waals surface area contributed by atoms with Gasteiger partial charge in [-0.15, -0.1) is 0 Å². The average Bonchev–Trinajstić information content (AvgIpc) is 2.58. The predicted molar refractivity (Wildman–Crippen MR) is 99.6 cm³/mol. The molecule has 0 aliphatic carbocycles. The van der Waals surface area contributed by atoms with E-state index in [0.717, 1.165) is 11.1 Å². The van der Waals surface area contributed by atoms with Gasteiger partial charge in [-0.05, 0) is 35.4 Å². The number of amides is 1. The first-order valence-electron chi connectivity index (χ1n) is 8.06. The zero-order valence-electron chi connectivity index (χ0n) is 14.2. The minimum Gasteiger partial charge on any atom is -0.291 e. The summed E-state index contributed by atoms with van der Waals surface area (Å²) in [5.41, 5.74) is 2.27. The highest BCUT2D eigenvalue weighted by Crippen LogP contribution is 2.35. The van der Waals surface area contributed by atoms with Crippen LogP contribution in [-0.2, 0) is 9.63 Å². The van der Waals surface area contributed by atoms with Gasteiger partial charge < -0.3 is 0 Å². The third-order valence-corrected chi connectivity index (χ3v) is 5.08. The van der Waals surface area contributed by atoms with Gasteiger partial charge in [-0.25, -0.2) is 5.06 Å². The zero-order chi connectivity index (χ0) is 18.0. The summed E-state index contributed by atoms with van der Waals surface area (Å²) in [4.78, 5) is 19.5. The molecule has 1 amide bonds. The van der Waals surface area contributed by atoms with Crippen LogP contribution in [0.1, 0.15) is 17.2 Å². The molecule has 0 saturated carbocycles. The first kappa shape index (κ1) is 18.2. The lowest BCUT2D eigenvalue weighted by Crippen LogP contribution is -2.54. The van der Waals surface area contributed by atoms with Crippen molar-refractivity contribution in [2.75, 3.05) is 27.2 Å². The van der Waals surface area contributed by atoms with Crippen molar-refractivity contribution in [2.45, 2.75) is 6.04 Å². The largest absolute Gasteiger partial charge is 0.291 e. The van der Waals surface area contributed by atoms with E-state index in [1.165, 1.54) is 12.2 Å². The summed E-state index contributed by atoms with van der Waals surface area (Å²) < 4.78 is 0. The maximum atomic E-state index is 12.2. The Morgan fingerprint density at radius 2 is 1.48 bits per heavy atom. The van der Waals surface area contributed by atoms with E-state index in [1.807, 2.05) is 48.5 Å². The molecule has 0 atom stereocenters. The molecule has 25 heavy (non-hydrogen) atoms. The molecule has 3 rings (SSSR count). The van der Waals surface area contributed by atoms with Gasteiger partial charge in [0, 0.05) is 30.2 Å². The fourth-order valence-electron chi connectivity index (χ4n) is 3.13. The van der Waals surface area contributed by atoms with Crippen molar-refractivity contribution < 1.29 is 9.63 Å². The van der Waals surface area contributed by atoms with Gasteiger partial charge in [0.1, 0.15) is 0 Å². The molecule has 1 aliphatic heterocycles. The van der Waals surface area contributed by atoms with Crippen molar-refractivity contribution in [3.05, 3.63) is 69.7 Å². The molecule has 2 aromatic carbocycles. The summed E-state index contributed by atoms with van der Waals surface area (Å²) in [7, 11) is 3.14. The molecule has 0 aromatic heterocycles. The van der Waals surface area contributed by atoms with Crippen LogP contribution in [0.5, 0.6) is 0 Å². The Morgan fingerprint density at radius 3 is 1.88 bits per heavy atom. The van der Waals surface area contributed by atoms with E-state index in [4.69, 9.17) is 28.0 Å². The lowest BCUT2D eigenvalue weighted by atomic mass is 9.90. The van der Waals surface area contributed by atoms with Gasteiger partial charge in [0.2, 0.25) is 0 Å². The fourth-order valence-corrected chi connectivity index (χ4v) is 3.38. The molecule has 0 radical (unpaired) electrons. The summed E-state index contributed by atoms with van der Waals surface area (Å²) >= 11 is 12.1. The SMILES string of the molecule is CON(C)C(=O)C1CN(C(c2ccc(Cl)cc2)c2ccc(Cl)cc2)C1. The number of rotatable bonds is 5. The standard InChI is InChI=1S/C19H20Cl2N2O2/c1-22(25-2)19(24)15-11-23(12-15)18(13-3-7-16(20)8-4-13)14-5-9-17(21)10-6-14/h3-10,15,18H,11-12H2,1-2H3. The van der Waals surface area contributed by atoms with Gasteiger partial charge in [-0.3, -0.25) is 14.5 Å². The van der Waals surface area contributed by atoms with E-state index >= 15 is 0 Å². The van der Waals surface area contributed by atoms with Gasteiger partial charge in [-0.1, -0.05) is 47.5 Å². The van der Waals surface area contributed by atoms with Crippen LogP contribution in [0.3, 0.4) is 0 Å². The van der Waals surface area contributed by atoms with Gasteiger partial charge in [0.05, 0.1) is 19.1 Å². The molecule has 0 N–H and O–H groups in total. The Balaban J connectivity index is 1.82. The van der Waals surface area contributed by atoms with Crippen LogP contribution in [-0.4, -0.2) is 43.1 Å². The minimum absolute atomic E-state index is 0.00436. The van der Waals surface area contributed by atoms with Crippen LogP contribution in [0.15, 0.2) is 48.5 Å². The van der Waals surface area contributed by atoms with Gasteiger partial charge in [0.15, 0.2) is 0 Å². The quantitative estimate of drug-likeness (QED) is 0.736. The number of carbonyl (C=O) groups is 1. The molecule has 0 spiro atoms. The van der Waals surface area contributed by atoms with Crippen molar-refractivity contribution in [3.63, 3.8) is 0 Å². The lowest BCUT2D eigenvalue weighted by molar-refractivity contribution is -0.179. The molecule has 1 fully saturated rings. The fraction of sp³-hybridized carbons (Fsp3) is 0.316. The number of benzene rings is 2. The van der Waals surface area contributed by atoms with E-state index in [1.54, 1.807) is 7.05 Å². The van der Waals surface area contributed by atoms with Crippen molar-refractivity contribution in [1.82, 2.24) is 9.96 Å². The molecular formula is C19H20Cl2N2O2. The lowest BCUT2D eigenvalue weighted by Gasteiger charge is -2.44. The molecule has 0 bridgehead atoms. The Labute approximate surface area is 157 Å². The summed E-state index contributed by atoms with van der Waals surface area (Å²) in [5, 5.41) is 2.70. The van der Waals surface area contributed by atoms with Crippen molar-refractivity contribution in [3.8, 4) is 0 Å². The molecule has 4 nitrogen and oxygen atoms in total. The number of nitrogens with zero attached hydrogens (tertiary/aromatic N) is 2. The topological polar surface area (TPSA) is 32.8 Å². The Hall–Kier alpha value is -1.59. The molecule has 132 valence electrons. The number of hydroxylamine groups is 2. The highest BCUT2D eigenvalue weighted by Gasteiger charge is 2.39. The van der Waals surface area contributed by atoms with Gasteiger partial charge in [0.25, 0.3) is 5.91 Å². The van der Waals surface area contributed by atoms with Crippen LogP contribution >= 0.6 is 23.2 Å². The summed E-state index contributed by atoms with van der Waals surface area (Å²) in [6.07, 6.45) is 0. The number of halogens is 2. The summed E-state index contributed by atoms with van der Waals surface area (Å²) in [6.45, 7) is 1.37. The summed E-state index contributed by atoms with van der Waals surface area (Å²) in [5.74, 6) is -0.0447. The third kappa shape index (κ3) is 3.98. The first-order valence-corrected chi connectivity index (χ1v) is 8.82. The molecule has 0 unspecified atom stereocenters. The monoisotopic (exact) mass is 378 g/mol. The number of hydrogen-bond donors (Lipinski definition) is 0. The molecule has 1 aliphatic rings. The molecule has 1 heterocycles. The van der Waals surface area contributed by atoms with Crippen LogP contribution in [0.2, 0.25) is 10.0 Å². The average molecular weight is 379 g/mol. The van der Waals surface area contributed by atoms with E-state index in [2.05, 4.69) is 4.90 Å². The molecule has 6 heteroatoms.